The number of ether oxygens (including phenoxy) is 1. The number of rotatable bonds is 5. The average Bonchev–Trinajstić information content (AvgIpc) is 2.84. The van der Waals surface area contributed by atoms with Gasteiger partial charge in [-0.1, -0.05) is 12.8 Å². The summed E-state index contributed by atoms with van der Waals surface area (Å²) >= 11 is 0. The number of anilines is 1. The summed E-state index contributed by atoms with van der Waals surface area (Å²) in [5.41, 5.74) is 4.92. The molecule has 1 aliphatic rings. The summed E-state index contributed by atoms with van der Waals surface area (Å²) in [6.45, 7) is 0.0147. The minimum atomic E-state index is -3.73. The predicted molar refractivity (Wildman–Crippen MR) is 76.0 cm³/mol. The van der Waals surface area contributed by atoms with Gasteiger partial charge < -0.3 is 15.6 Å². The van der Waals surface area contributed by atoms with Crippen LogP contribution in [0.1, 0.15) is 25.7 Å². The molecule has 1 aromatic carbocycles. The molecule has 20 heavy (non-hydrogen) atoms. The second kappa shape index (κ2) is 5.59. The van der Waals surface area contributed by atoms with Gasteiger partial charge in [-0.3, -0.25) is 0 Å². The van der Waals surface area contributed by atoms with Gasteiger partial charge in [0.05, 0.1) is 18.4 Å². The standard InChI is InChI=1S/C13H20N2O4S/c1-19-10-4-5-12(11(14)8-10)20(17,18)15-9-13(16)6-2-3-7-13/h4-5,8,15-16H,2-3,6-7,9,14H2,1H3. The molecule has 4 N–H and O–H groups in total. The lowest BCUT2D eigenvalue weighted by Gasteiger charge is -2.22. The van der Waals surface area contributed by atoms with E-state index in [1.165, 1.54) is 25.3 Å². The van der Waals surface area contributed by atoms with Crippen molar-refractivity contribution in [1.29, 1.82) is 0 Å². The summed E-state index contributed by atoms with van der Waals surface area (Å²) in [6.07, 6.45) is 3.08. The Morgan fingerprint density at radius 3 is 2.60 bits per heavy atom. The maximum absolute atomic E-state index is 12.2. The number of benzene rings is 1. The fraction of sp³-hybridized carbons (Fsp3) is 0.538. The third-order valence-corrected chi connectivity index (χ3v) is 5.11. The van der Waals surface area contributed by atoms with Crippen molar-refractivity contribution in [2.75, 3.05) is 19.4 Å². The molecule has 0 spiro atoms. The van der Waals surface area contributed by atoms with Gasteiger partial charge in [0.2, 0.25) is 10.0 Å². The molecule has 1 fully saturated rings. The average molecular weight is 300 g/mol. The lowest BCUT2D eigenvalue weighted by Crippen LogP contribution is -2.40. The zero-order chi connectivity index (χ0) is 14.8. The molecule has 6 nitrogen and oxygen atoms in total. The molecule has 0 radical (unpaired) electrons. The molecular weight excluding hydrogens is 280 g/mol. The lowest BCUT2D eigenvalue weighted by atomic mass is 10.0. The number of nitrogen functional groups attached to an aromatic ring is 1. The lowest BCUT2D eigenvalue weighted by molar-refractivity contribution is 0.0532. The number of methoxy groups -OCH3 is 1. The highest BCUT2D eigenvalue weighted by Gasteiger charge is 2.32. The van der Waals surface area contributed by atoms with Crippen molar-refractivity contribution in [2.24, 2.45) is 0 Å². The van der Waals surface area contributed by atoms with Gasteiger partial charge in [-0.15, -0.1) is 0 Å². The van der Waals surface area contributed by atoms with Crippen molar-refractivity contribution in [3.8, 4) is 5.75 Å². The minimum Gasteiger partial charge on any atom is -0.497 e. The van der Waals surface area contributed by atoms with Crippen LogP contribution in [0.25, 0.3) is 0 Å². The molecule has 1 saturated carbocycles. The van der Waals surface area contributed by atoms with Crippen LogP contribution >= 0.6 is 0 Å². The molecule has 0 bridgehead atoms. The Kier molecular flexibility index (Phi) is 4.22. The zero-order valence-corrected chi connectivity index (χ0v) is 12.2. The second-order valence-corrected chi connectivity index (χ2v) is 6.90. The summed E-state index contributed by atoms with van der Waals surface area (Å²) in [6, 6.07) is 4.39. The molecule has 112 valence electrons. The molecule has 1 aliphatic carbocycles. The van der Waals surface area contributed by atoms with Gasteiger partial charge >= 0.3 is 0 Å². The first kappa shape index (κ1) is 15.1. The summed E-state index contributed by atoms with van der Waals surface area (Å²) < 4.78 is 31.8. The fourth-order valence-corrected chi connectivity index (χ4v) is 3.65. The van der Waals surface area contributed by atoms with E-state index in [1.807, 2.05) is 0 Å². The van der Waals surface area contributed by atoms with Gasteiger partial charge in [0.1, 0.15) is 10.6 Å². The molecule has 0 saturated heterocycles. The molecule has 1 aromatic rings. The van der Waals surface area contributed by atoms with E-state index in [-0.39, 0.29) is 17.1 Å². The molecular formula is C13H20N2O4S. The van der Waals surface area contributed by atoms with Gasteiger partial charge in [-0.25, -0.2) is 13.1 Å². The summed E-state index contributed by atoms with van der Waals surface area (Å²) in [5.74, 6) is 0.496. The Hall–Kier alpha value is -1.31. The van der Waals surface area contributed by atoms with E-state index in [2.05, 4.69) is 4.72 Å². The Balaban J connectivity index is 2.14. The van der Waals surface area contributed by atoms with Crippen LogP contribution in [-0.4, -0.2) is 32.8 Å². The van der Waals surface area contributed by atoms with Crippen molar-refractivity contribution < 1.29 is 18.3 Å². The number of nitrogens with two attached hydrogens (primary N) is 1. The second-order valence-electron chi connectivity index (χ2n) is 5.16. The van der Waals surface area contributed by atoms with Gasteiger partial charge in [-0.05, 0) is 25.0 Å². The third kappa shape index (κ3) is 3.23. The highest BCUT2D eigenvalue weighted by Crippen LogP contribution is 2.29. The first-order valence-corrected chi connectivity index (χ1v) is 8.00. The van der Waals surface area contributed by atoms with E-state index in [0.29, 0.717) is 18.6 Å². The number of hydrogen-bond donors (Lipinski definition) is 3. The number of sulfonamides is 1. The minimum absolute atomic E-state index is 0.0000954. The van der Waals surface area contributed by atoms with Gasteiger partial charge in [0.15, 0.2) is 0 Å². The first-order chi connectivity index (χ1) is 9.36. The van der Waals surface area contributed by atoms with Crippen LogP contribution in [0.2, 0.25) is 0 Å². The summed E-state index contributed by atoms with van der Waals surface area (Å²) in [5, 5.41) is 10.2. The van der Waals surface area contributed by atoms with E-state index >= 15 is 0 Å². The van der Waals surface area contributed by atoms with Crippen LogP contribution in [0.15, 0.2) is 23.1 Å². The molecule has 0 heterocycles. The monoisotopic (exact) mass is 300 g/mol. The number of nitrogens with one attached hydrogen (secondary N) is 1. The molecule has 0 unspecified atom stereocenters. The fourth-order valence-electron chi connectivity index (χ4n) is 2.42. The number of aliphatic hydroxyl groups is 1. The summed E-state index contributed by atoms with van der Waals surface area (Å²) in [4.78, 5) is -0.0000954. The highest BCUT2D eigenvalue weighted by molar-refractivity contribution is 7.89. The van der Waals surface area contributed by atoms with Crippen LogP contribution in [-0.2, 0) is 10.0 Å². The van der Waals surface area contributed by atoms with E-state index < -0.39 is 15.6 Å². The smallest absolute Gasteiger partial charge is 0.242 e. The SMILES string of the molecule is COc1ccc(S(=O)(=O)NCC2(O)CCCC2)c(N)c1. The van der Waals surface area contributed by atoms with Gasteiger partial charge in [0, 0.05) is 12.6 Å². The van der Waals surface area contributed by atoms with Crippen molar-refractivity contribution in [1.82, 2.24) is 4.72 Å². The van der Waals surface area contributed by atoms with Crippen molar-refractivity contribution in [2.45, 2.75) is 36.2 Å². The van der Waals surface area contributed by atoms with E-state index in [0.717, 1.165) is 12.8 Å². The van der Waals surface area contributed by atoms with Crippen LogP contribution < -0.4 is 15.2 Å². The molecule has 2 rings (SSSR count). The van der Waals surface area contributed by atoms with Gasteiger partial charge in [0.25, 0.3) is 0 Å². The van der Waals surface area contributed by atoms with E-state index in [4.69, 9.17) is 10.5 Å². The van der Waals surface area contributed by atoms with Crippen LogP contribution in [0.5, 0.6) is 5.75 Å². The Bertz CT molecular complexity index is 580. The van der Waals surface area contributed by atoms with Crippen molar-refractivity contribution in [3.05, 3.63) is 18.2 Å². The maximum atomic E-state index is 12.2. The molecule has 0 aromatic heterocycles. The van der Waals surface area contributed by atoms with E-state index in [1.54, 1.807) is 0 Å². The van der Waals surface area contributed by atoms with Crippen LogP contribution in [0.3, 0.4) is 0 Å². The van der Waals surface area contributed by atoms with Gasteiger partial charge in [-0.2, -0.15) is 0 Å². The van der Waals surface area contributed by atoms with Crippen molar-refractivity contribution >= 4 is 15.7 Å². The maximum Gasteiger partial charge on any atom is 0.242 e. The quantitative estimate of drug-likeness (QED) is 0.700. The molecule has 0 amide bonds. The normalized spacial score (nSPS) is 18.1. The predicted octanol–water partition coefficient (Wildman–Crippen LogP) is 0.861. The van der Waals surface area contributed by atoms with Crippen molar-refractivity contribution in [3.63, 3.8) is 0 Å². The molecule has 0 aliphatic heterocycles. The Morgan fingerprint density at radius 1 is 1.40 bits per heavy atom. The molecule has 7 heteroatoms. The van der Waals surface area contributed by atoms with Crippen LogP contribution in [0, 0.1) is 0 Å². The Labute approximate surface area is 119 Å². The van der Waals surface area contributed by atoms with E-state index in [9.17, 15) is 13.5 Å². The first-order valence-electron chi connectivity index (χ1n) is 6.52. The highest BCUT2D eigenvalue weighted by atomic mass is 32.2. The summed E-state index contributed by atoms with van der Waals surface area (Å²) in [7, 11) is -2.25. The van der Waals surface area contributed by atoms with Crippen LogP contribution in [0.4, 0.5) is 5.69 Å². The number of hydrogen-bond acceptors (Lipinski definition) is 5. The Morgan fingerprint density at radius 2 is 2.05 bits per heavy atom. The molecule has 0 atom stereocenters. The zero-order valence-electron chi connectivity index (χ0n) is 11.4. The topological polar surface area (TPSA) is 102 Å². The largest absolute Gasteiger partial charge is 0.497 e. The third-order valence-electron chi connectivity index (χ3n) is 3.63.